The van der Waals surface area contributed by atoms with Crippen LogP contribution in [0, 0.1) is 40.4 Å². The van der Waals surface area contributed by atoms with Crippen molar-refractivity contribution in [2.75, 3.05) is 6.54 Å². The monoisotopic (exact) mass is 391 g/mol. The summed E-state index contributed by atoms with van der Waals surface area (Å²) in [7, 11) is 0. The third-order valence-corrected chi connectivity index (χ3v) is 9.66. The van der Waals surface area contributed by atoms with E-state index in [1.54, 1.807) is 5.43 Å². The summed E-state index contributed by atoms with van der Waals surface area (Å²) < 4.78 is 5.58. The summed E-state index contributed by atoms with van der Waals surface area (Å²) in [5, 5.41) is 0. The summed E-state index contributed by atoms with van der Waals surface area (Å²) in [4.78, 5) is 24.1. The molecule has 5 nitrogen and oxygen atoms in total. The first-order valence-corrected chi connectivity index (χ1v) is 11.5. The number of ether oxygens (including phenoxy) is 1. The van der Waals surface area contributed by atoms with Crippen LogP contribution in [-0.4, -0.2) is 24.4 Å². The van der Waals surface area contributed by atoms with Gasteiger partial charge < -0.3 is 4.74 Å². The molecule has 0 saturated heterocycles. The van der Waals surface area contributed by atoms with Crippen LogP contribution in [0.1, 0.15) is 78.6 Å². The van der Waals surface area contributed by atoms with E-state index in [2.05, 4.69) is 13.8 Å². The van der Waals surface area contributed by atoms with E-state index < -0.39 is 0 Å². The van der Waals surface area contributed by atoms with Crippen molar-refractivity contribution < 1.29 is 19.8 Å². The zero-order valence-corrected chi connectivity index (χ0v) is 17.9. The van der Waals surface area contributed by atoms with Crippen LogP contribution in [0.25, 0.3) is 0 Å². The highest BCUT2D eigenvalue weighted by Crippen LogP contribution is 2.67. The van der Waals surface area contributed by atoms with Gasteiger partial charge in [0.2, 0.25) is 0 Å². The second-order valence-corrected chi connectivity index (χ2v) is 10.7. The van der Waals surface area contributed by atoms with Crippen LogP contribution in [0.4, 0.5) is 0 Å². The molecular weight excluding hydrogens is 352 g/mol. The van der Waals surface area contributed by atoms with Gasteiger partial charge >= 0.3 is 5.97 Å². The molecule has 4 N–H and O–H groups in total. The molecule has 0 aromatic rings. The molecule has 0 spiro atoms. The predicted molar refractivity (Wildman–Crippen MR) is 107 cm³/mol. The van der Waals surface area contributed by atoms with Crippen molar-refractivity contribution in [2.45, 2.75) is 84.7 Å². The number of Topliss-reactive ketones (excluding diaryl/α,β-unsaturated/α-hetero) is 1. The Kier molecular flexibility index (Phi) is 5.37. The lowest BCUT2D eigenvalue weighted by Gasteiger charge is -2.61. The highest BCUT2D eigenvalue weighted by molar-refractivity contribution is 5.83. The van der Waals surface area contributed by atoms with Gasteiger partial charge in [-0.1, -0.05) is 13.8 Å². The first kappa shape index (κ1) is 20.3. The molecule has 28 heavy (non-hydrogen) atoms. The molecule has 4 aliphatic rings. The minimum Gasteiger partial charge on any atom is -0.463 e. The summed E-state index contributed by atoms with van der Waals surface area (Å²) >= 11 is 0. The fourth-order valence-corrected chi connectivity index (χ4v) is 8.35. The van der Waals surface area contributed by atoms with Crippen molar-refractivity contribution in [2.24, 2.45) is 46.3 Å². The lowest BCUT2D eigenvalue weighted by molar-refractivity contribution is -0.656. The average molecular weight is 392 g/mol. The van der Waals surface area contributed by atoms with E-state index in [4.69, 9.17) is 10.6 Å². The minimum absolute atomic E-state index is 0.127. The molecule has 8 atom stereocenters. The standard InChI is InChI=1S/C23H38N2O3/c1-14(26)28-16-8-10-22(2)15(12-16)4-5-17-18-6-7-20(21(27)13-25-24)23(18,3)11-9-19(17)22/h15-20,25H,4-13,24H2,1-3H3/p+1/t15-,16-,17-,18-,19-,20+,22-,23-/m0/s1. The Morgan fingerprint density at radius 2 is 1.71 bits per heavy atom. The molecule has 0 heterocycles. The van der Waals surface area contributed by atoms with Crippen molar-refractivity contribution >= 4 is 11.8 Å². The van der Waals surface area contributed by atoms with Gasteiger partial charge in [0.15, 0.2) is 12.3 Å². The van der Waals surface area contributed by atoms with Crippen LogP contribution in [-0.2, 0) is 14.3 Å². The number of hydrogen-bond donors (Lipinski definition) is 2. The normalized spacial score (nSPS) is 47.6. The number of carbonyl (C=O) groups excluding carboxylic acids is 2. The van der Waals surface area contributed by atoms with E-state index in [-0.39, 0.29) is 23.4 Å². The zero-order valence-electron chi connectivity index (χ0n) is 17.9. The largest absolute Gasteiger partial charge is 0.463 e. The number of hydrogen-bond acceptors (Lipinski definition) is 4. The van der Waals surface area contributed by atoms with E-state index in [9.17, 15) is 9.59 Å². The summed E-state index contributed by atoms with van der Waals surface area (Å²) in [6, 6.07) is 0. The van der Waals surface area contributed by atoms with Crippen LogP contribution in [0.5, 0.6) is 0 Å². The molecule has 0 amide bonds. The molecule has 158 valence electrons. The van der Waals surface area contributed by atoms with Crippen LogP contribution in [0.3, 0.4) is 0 Å². The summed E-state index contributed by atoms with van der Waals surface area (Å²) in [6.45, 7) is 6.90. The van der Waals surface area contributed by atoms with Crippen molar-refractivity contribution in [3.63, 3.8) is 0 Å². The molecule has 0 aromatic carbocycles. The third kappa shape index (κ3) is 3.13. The van der Waals surface area contributed by atoms with Crippen molar-refractivity contribution in [3.05, 3.63) is 0 Å². The van der Waals surface area contributed by atoms with Gasteiger partial charge in [-0.2, -0.15) is 5.84 Å². The molecule has 4 rings (SSSR count). The quantitative estimate of drug-likeness (QED) is 0.438. The smallest absolute Gasteiger partial charge is 0.302 e. The van der Waals surface area contributed by atoms with E-state index in [1.165, 1.54) is 45.4 Å². The maximum atomic E-state index is 12.7. The molecule has 0 aliphatic heterocycles. The van der Waals surface area contributed by atoms with E-state index in [0.29, 0.717) is 29.6 Å². The number of rotatable bonds is 4. The minimum atomic E-state index is -0.132. The molecule has 4 aliphatic carbocycles. The van der Waals surface area contributed by atoms with Gasteiger partial charge in [-0.25, -0.2) is 0 Å². The lowest BCUT2D eigenvalue weighted by Crippen LogP contribution is -2.93. The fraction of sp³-hybridized carbons (Fsp3) is 0.913. The van der Waals surface area contributed by atoms with Crippen molar-refractivity contribution in [1.82, 2.24) is 0 Å². The number of quaternary nitrogens is 1. The summed E-state index contributed by atoms with van der Waals surface area (Å²) in [5.74, 6) is 8.94. The summed E-state index contributed by atoms with van der Waals surface area (Å²) in [5.41, 5.74) is 2.10. The number of fused-ring (bicyclic) bond motifs is 5. The Morgan fingerprint density at radius 1 is 1.00 bits per heavy atom. The van der Waals surface area contributed by atoms with Gasteiger partial charge in [0.25, 0.3) is 0 Å². The molecule has 5 heteroatoms. The topological polar surface area (TPSA) is 86.0 Å². The van der Waals surface area contributed by atoms with Crippen LogP contribution in [0.2, 0.25) is 0 Å². The van der Waals surface area contributed by atoms with Gasteiger partial charge in [-0.15, -0.1) is 0 Å². The van der Waals surface area contributed by atoms with E-state index in [0.717, 1.165) is 31.1 Å². The van der Waals surface area contributed by atoms with Gasteiger partial charge in [0.1, 0.15) is 6.10 Å². The Morgan fingerprint density at radius 3 is 2.43 bits per heavy atom. The van der Waals surface area contributed by atoms with Gasteiger partial charge in [0.05, 0.1) is 0 Å². The Labute approximate surface area is 169 Å². The zero-order chi connectivity index (χ0) is 20.1. The van der Waals surface area contributed by atoms with Gasteiger partial charge in [0, 0.05) is 12.8 Å². The molecular formula is C23H39N2O3+. The SMILES string of the molecule is CC(=O)O[C@H]1CC[C@@]2(C)[C@@H](CC[C@@H]3[C@@H]2CC[C@]2(C)[C@@H](C(=O)C[NH2+]N)CC[C@@H]32)C1. The number of esters is 1. The second kappa shape index (κ2) is 7.39. The number of nitrogens with two attached hydrogens (primary N) is 2. The second-order valence-electron chi connectivity index (χ2n) is 10.7. The Balaban J connectivity index is 1.51. The molecule has 0 bridgehead atoms. The number of ketones is 1. The molecule has 4 fully saturated rings. The Bertz CT molecular complexity index is 637. The Hall–Kier alpha value is -0.940. The maximum absolute atomic E-state index is 12.7. The van der Waals surface area contributed by atoms with Gasteiger partial charge in [-0.3, -0.25) is 15.0 Å². The lowest BCUT2D eigenvalue weighted by atomic mass is 9.44. The third-order valence-electron chi connectivity index (χ3n) is 9.66. The molecule has 4 saturated carbocycles. The highest BCUT2D eigenvalue weighted by atomic mass is 16.5. The van der Waals surface area contributed by atoms with Crippen LogP contribution < -0.4 is 11.3 Å². The molecule has 0 radical (unpaired) electrons. The predicted octanol–water partition coefficient (Wildman–Crippen LogP) is 2.58. The fourth-order valence-electron chi connectivity index (χ4n) is 8.35. The van der Waals surface area contributed by atoms with Crippen molar-refractivity contribution in [1.29, 1.82) is 0 Å². The highest BCUT2D eigenvalue weighted by Gasteiger charge is 2.61. The van der Waals surface area contributed by atoms with E-state index >= 15 is 0 Å². The average Bonchev–Trinajstić information content (AvgIpc) is 2.99. The van der Waals surface area contributed by atoms with Gasteiger partial charge in [-0.05, 0) is 92.3 Å². The maximum Gasteiger partial charge on any atom is 0.302 e. The van der Waals surface area contributed by atoms with Crippen LogP contribution in [0.15, 0.2) is 0 Å². The number of carbonyl (C=O) groups is 2. The van der Waals surface area contributed by atoms with Crippen LogP contribution >= 0.6 is 0 Å². The first-order valence-electron chi connectivity index (χ1n) is 11.5. The molecule has 0 unspecified atom stereocenters. The van der Waals surface area contributed by atoms with E-state index in [1.807, 2.05) is 0 Å². The molecule has 0 aromatic heterocycles. The summed E-state index contributed by atoms with van der Waals surface area (Å²) in [6.07, 6.45) is 10.7. The first-order chi connectivity index (χ1) is 13.3. The van der Waals surface area contributed by atoms with Crippen molar-refractivity contribution in [3.8, 4) is 0 Å².